The third kappa shape index (κ3) is 4.22. The number of piperidine rings is 1. The smallest absolute Gasteiger partial charge is 0.223 e. The molecule has 4 nitrogen and oxygen atoms in total. The van der Waals surface area contributed by atoms with Gasteiger partial charge < -0.3 is 9.88 Å². The van der Waals surface area contributed by atoms with Crippen LogP contribution < -0.4 is 0 Å². The first-order chi connectivity index (χ1) is 12.8. The summed E-state index contributed by atoms with van der Waals surface area (Å²) in [5.74, 6) is 2.56. The van der Waals surface area contributed by atoms with E-state index in [0.717, 1.165) is 47.9 Å². The zero-order valence-electron chi connectivity index (χ0n) is 15.2. The first-order valence-electron chi connectivity index (χ1n) is 9.83. The van der Waals surface area contributed by atoms with Crippen molar-refractivity contribution in [2.45, 2.75) is 62.7 Å². The normalized spacial score (nSPS) is 23.6. The molecule has 2 aliphatic heterocycles. The molecule has 3 heterocycles. The van der Waals surface area contributed by atoms with E-state index < -0.39 is 0 Å². The molecule has 26 heavy (non-hydrogen) atoms. The minimum absolute atomic E-state index is 0.116. The highest BCUT2D eigenvalue weighted by atomic mass is 33.1. The molecule has 2 aliphatic rings. The lowest BCUT2D eigenvalue weighted by atomic mass is 10.0. The molecule has 0 aliphatic carbocycles. The van der Waals surface area contributed by atoms with E-state index in [9.17, 15) is 4.79 Å². The summed E-state index contributed by atoms with van der Waals surface area (Å²) in [4.78, 5) is 23.2. The van der Waals surface area contributed by atoms with E-state index in [0.29, 0.717) is 12.3 Å². The zero-order valence-corrected chi connectivity index (χ0v) is 16.8. The van der Waals surface area contributed by atoms with Crippen molar-refractivity contribution in [2.75, 3.05) is 12.3 Å². The van der Waals surface area contributed by atoms with Crippen LogP contribution in [-0.4, -0.2) is 38.3 Å². The molecule has 2 saturated heterocycles. The Balaban J connectivity index is 1.36. The van der Waals surface area contributed by atoms with Crippen LogP contribution in [0.15, 0.2) is 24.3 Å². The lowest BCUT2D eigenvalue weighted by molar-refractivity contribution is -0.135. The van der Waals surface area contributed by atoms with Crippen LogP contribution in [0.4, 0.5) is 0 Å². The number of unbranched alkanes of at least 4 members (excludes halogenated alkanes) is 1. The summed E-state index contributed by atoms with van der Waals surface area (Å²) in [6.45, 7) is 0.871. The van der Waals surface area contributed by atoms with Crippen molar-refractivity contribution in [2.24, 2.45) is 0 Å². The van der Waals surface area contributed by atoms with Gasteiger partial charge in [-0.15, -0.1) is 0 Å². The van der Waals surface area contributed by atoms with Gasteiger partial charge >= 0.3 is 0 Å². The van der Waals surface area contributed by atoms with Crippen LogP contribution in [0.3, 0.4) is 0 Å². The number of rotatable bonds is 6. The van der Waals surface area contributed by atoms with Crippen LogP contribution in [0.1, 0.15) is 63.2 Å². The highest BCUT2D eigenvalue weighted by Gasteiger charge is 2.29. The fourth-order valence-electron chi connectivity index (χ4n) is 4.00. The topological polar surface area (TPSA) is 49.0 Å². The van der Waals surface area contributed by atoms with E-state index >= 15 is 0 Å². The molecule has 6 heteroatoms. The average Bonchev–Trinajstić information content (AvgIpc) is 3.34. The van der Waals surface area contributed by atoms with Crippen molar-refractivity contribution in [3.05, 3.63) is 30.1 Å². The molecule has 0 saturated carbocycles. The third-order valence-corrected chi connectivity index (χ3v) is 8.45. The number of hydrogen-bond donors (Lipinski definition) is 1. The van der Waals surface area contributed by atoms with Gasteiger partial charge in [0.1, 0.15) is 5.82 Å². The Bertz CT molecular complexity index is 708. The quantitative estimate of drug-likeness (QED) is 0.536. The molecule has 0 unspecified atom stereocenters. The van der Waals surface area contributed by atoms with Gasteiger partial charge in [0, 0.05) is 24.0 Å². The van der Waals surface area contributed by atoms with Gasteiger partial charge in [0.25, 0.3) is 0 Å². The van der Waals surface area contributed by atoms with Gasteiger partial charge in [-0.25, -0.2) is 4.98 Å². The van der Waals surface area contributed by atoms with Gasteiger partial charge in [0.05, 0.1) is 17.1 Å². The largest absolute Gasteiger partial charge is 0.340 e. The number of benzene rings is 1. The number of carbonyl (C=O) groups excluding carboxylic acids is 1. The highest BCUT2D eigenvalue weighted by Crippen LogP contribution is 2.40. The van der Waals surface area contributed by atoms with Gasteiger partial charge in [0.15, 0.2) is 0 Å². The Labute approximate surface area is 163 Å². The van der Waals surface area contributed by atoms with Gasteiger partial charge in [-0.1, -0.05) is 40.1 Å². The fraction of sp³-hybridized carbons (Fsp3) is 0.600. The first kappa shape index (κ1) is 18.2. The predicted octanol–water partition coefficient (Wildman–Crippen LogP) is 5.33. The fourth-order valence-corrected chi connectivity index (χ4v) is 7.03. The zero-order chi connectivity index (χ0) is 17.8. The maximum absolute atomic E-state index is 12.9. The maximum Gasteiger partial charge on any atom is 0.223 e. The summed E-state index contributed by atoms with van der Waals surface area (Å²) in [6, 6.07) is 8.24. The number of nitrogens with zero attached hydrogens (tertiary/aromatic N) is 2. The Morgan fingerprint density at radius 3 is 3.00 bits per heavy atom. The Hall–Kier alpha value is -1.14. The van der Waals surface area contributed by atoms with Gasteiger partial charge in [-0.2, -0.15) is 0 Å². The van der Waals surface area contributed by atoms with E-state index in [2.05, 4.69) is 16.0 Å². The van der Waals surface area contributed by atoms with E-state index in [1.54, 1.807) is 0 Å². The molecule has 2 atom stereocenters. The van der Waals surface area contributed by atoms with Crippen molar-refractivity contribution >= 4 is 38.5 Å². The lowest BCUT2D eigenvalue weighted by Gasteiger charge is -2.34. The van der Waals surface area contributed by atoms with Crippen molar-refractivity contribution < 1.29 is 4.79 Å². The number of hydrogen-bond acceptors (Lipinski definition) is 4. The minimum Gasteiger partial charge on any atom is -0.340 e. The summed E-state index contributed by atoms with van der Waals surface area (Å²) in [5, 5.41) is 0.813. The SMILES string of the molecule is O=C(CCCC[C@H]1CCSS1)N1CCCC[C@H]1c1nc2ccccc2[nH]1. The molecule has 4 rings (SSSR count). The first-order valence-corrected chi connectivity index (χ1v) is 12.2. The van der Waals surface area contributed by atoms with Crippen LogP contribution in [-0.2, 0) is 4.79 Å². The number of carbonyl (C=O) groups is 1. The number of imidazole rings is 1. The Morgan fingerprint density at radius 2 is 2.15 bits per heavy atom. The summed E-state index contributed by atoms with van der Waals surface area (Å²) in [7, 11) is 4.04. The van der Waals surface area contributed by atoms with Crippen molar-refractivity contribution in [3.63, 3.8) is 0 Å². The van der Waals surface area contributed by atoms with Crippen LogP contribution in [0.5, 0.6) is 0 Å². The van der Waals surface area contributed by atoms with Crippen molar-refractivity contribution in [3.8, 4) is 0 Å². The second-order valence-corrected chi connectivity index (χ2v) is 10.1. The minimum atomic E-state index is 0.116. The number of H-pyrrole nitrogens is 1. The summed E-state index contributed by atoms with van der Waals surface area (Å²) < 4.78 is 0. The predicted molar refractivity (Wildman–Crippen MR) is 111 cm³/mol. The van der Waals surface area contributed by atoms with Gasteiger partial charge in [-0.05, 0) is 50.7 Å². The lowest BCUT2D eigenvalue weighted by Crippen LogP contribution is -2.38. The third-order valence-electron chi connectivity index (χ3n) is 5.44. The Kier molecular flexibility index (Phi) is 6.10. The standard InChI is InChI=1S/C20H27N3OS2/c24-19(11-4-1-7-15-12-14-25-26-15)23-13-6-5-10-18(23)20-21-16-8-2-3-9-17(16)22-20/h2-3,8-9,15,18H,1,4-7,10-14H2,(H,21,22)/t15-,18-/m0/s1. The molecule has 2 fully saturated rings. The van der Waals surface area contributed by atoms with E-state index in [4.69, 9.17) is 4.98 Å². The molecular formula is C20H27N3OS2. The van der Waals surface area contributed by atoms with Crippen LogP contribution in [0, 0.1) is 0 Å². The number of para-hydroxylation sites is 2. The molecule has 0 spiro atoms. The summed E-state index contributed by atoms with van der Waals surface area (Å²) >= 11 is 0. The van der Waals surface area contributed by atoms with Gasteiger partial charge in [0.2, 0.25) is 5.91 Å². The number of aromatic nitrogens is 2. The van der Waals surface area contributed by atoms with Crippen LogP contribution >= 0.6 is 21.6 Å². The number of amides is 1. The molecule has 0 radical (unpaired) electrons. The molecular weight excluding hydrogens is 362 g/mol. The molecule has 2 aromatic rings. The number of nitrogens with one attached hydrogen (secondary N) is 1. The Morgan fingerprint density at radius 1 is 1.23 bits per heavy atom. The van der Waals surface area contributed by atoms with Crippen LogP contribution in [0.2, 0.25) is 0 Å². The van der Waals surface area contributed by atoms with Crippen LogP contribution in [0.25, 0.3) is 11.0 Å². The van der Waals surface area contributed by atoms with E-state index in [-0.39, 0.29) is 6.04 Å². The molecule has 1 amide bonds. The molecule has 0 bridgehead atoms. The van der Waals surface area contributed by atoms with E-state index in [1.165, 1.54) is 31.4 Å². The van der Waals surface area contributed by atoms with Crippen molar-refractivity contribution in [1.29, 1.82) is 0 Å². The summed E-state index contributed by atoms with van der Waals surface area (Å²) in [6.07, 6.45) is 8.77. The van der Waals surface area contributed by atoms with E-state index in [1.807, 2.05) is 39.8 Å². The number of likely N-dealkylation sites (tertiary alicyclic amines) is 1. The highest BCUT2D eigenvalue weighted by molar-refractivity contribution is 8.77. The van der Waals surface area contributed by atoms with Crippen molar-refractivity contribution in [1.82, 2.24) is 14.9 Å². The summed E-state index contributed by atoms with van der Waals surface area (Å²) in [5.41, 5.74) is 2.06. The number of fused-ring (bicyclic) bond motifs is 1. The molecule has 1 N–H and O–H groups in total. The second-order valence-electron chi connectivity index (χ2n) is 7.31. The molecule has 1 aromatic carbocycles. The maximum atomic E-state index is 12.9. The molecule has 1 aromatic heterocycles. The van der Waals surface area contributed by atoms with Gasteiger partial charge in [-0.3, -0.25) is 4.79 Å². The number of aromatic amines is 1. The average molecular weight is 390 g/mol. The monoisotopic (exact) mass is 389 g/mol. The molecule has 140 valence electrons. The second kappa shape index (κ2) is 8.70.